The van der Waals surface area contributed by atoms with Crippen LogP contribution < -0.4 is 25.6 Å². The molecule has 33 heavy (non-hydrogen) atoms. The molecule has 0 unspecified atom stereocenters. The molecule has 1 heterocycles. The lowest BCUT2D eigenvalue weighted by atomic mass is 9.91. The van der Waals surface area contributed by atoms with Crippen molar-refractivity contribution in [3.63, 3.8) is 0 Å². The average Bonchev–Trinajstić information content (AvgIpc) is 2.82. The van der Waals surface area contributed by atoms with Crippen molar-refractivity contribution in [3.8, 4) is 11.5 Å². The fourth-order valence-corrected chi connectivity index (χ4v) is 3.82. The van der Waals surface area contributed by atoms with E-state index in [4.69, 9.17) is 4.74 Å². The Morgan fingerprint density at radius 1 is 0.909 bits per heavy atom. The van der Waals surface area contributed by atoms with Crippen LogP contribution in [0.4, 0.5) is 22.2 Å². The Hall–Kier alpha value is -3.81. The number of benzene rings is 2. The zero-order valence-corrected chi connectivity index (χ0v) is 19.0. The minimum absolute atomic E-state index is 0.151. The Morgan fingerprint density at radius 2 is 1.58 bits per heavy atom. The molecule has 172 valence electrons. The van der Waals surface area contributed by atoms with Crippen molar-refractivity contribution in [3.05, 3.63) is 66.9 Å². The second-order valence-corrected chi connectivity index (χ2v) is 8.36. The fourth-order valence-electron chi connectivity index (χ4n) is 3.82. The molecule has 3 aromatic rings. The summed E-state index contributed by atoms with van der Waals surface area (Å²) in [5.41, 5.74) is 0.723. The van der Waals surface area contributed by atoms with Gasteiger partial charge < -0.3 is 25.6 Å². The number of urea groups is 1. The third-order valence-corrected chi connectivity index (χ3v) is 5.59. The van der Waals surface area contributed by atoms with Gasteiger partial charge in [-0.15, -0.1) is 0 Å². The van der Waals surface area contributed by atoms with Crippen LogP contribution in [0.5, 0.6) is 11.5 Å². The molecule has 0 spiro atoms. The van der Waals surface area contributed by atoms with Crippen LogP contribution in [-0.2, 0) is 0 Å². The van der Waals surface area contributed by atoms with Gasteiger partial charge in [-0.25, -0.2) is 9.78 Å². The van der Waals surface area contributed by atoms with E-state index < -0.39 is 0 Å². The molecule has 0 saturated heterocycles. The minimum atomic E-state index is -0.190. The fraction of sp³-hybridized carbons (Fsp3) is 0.320. The Bertz CT molecular complexity index is 1030. The Morgan fingerprint density at radius 3 is 2.27 bits per heavy atom. The van der Waals surface area contributed by atoms with E-state index in [1.54, 1.807) is 6.20 Å². The number of nitrogens with zero attached hydrogens (tertiary/aromatic N) is 3. The van der Waals surface area contributed by atoms with Gasteiger partial charge in [0, 0.05) is 38.1 Å². The first kappa shape index (κ1) is 22.4. The van der Waals surface area contributed by atoms with Crippen molar-refractivity contribution < 1.29 is 9.53 Å². The summed E-state index contributed by atoms with van der Waals surface area (Å²) in [5.74, 6) is 3.02. The summed E-state index contributed by atoms with van der Waals surface area (Å²) in [6, 6.07) is 19.1. The topological polar surface area (TPSA) is 91.4 Å². The first-order valence-electron chi connectivity index (χ1n) is 11.2. The van der Waals surface area contributed by atoms with Crippen LogP contribution in [0.15, 0.2) is 66.9 Å². The van der Waals surface area contributed by atoms with Gasteiger partial charge in [-0.2, -0.15) is 4.98 Å². The molecule has 8 heteroatoms. The molecule has 0 bridgehead atoms. The van der Waals surface area contributed by atoms with Crippen LogP contribution in [0.3, 0.4) is 0 Å². The predicted octanol–water partition coefficient (Wildman–Crippen LogP) is 4.88. The molecular formula is C25H30N6O2. The summed E-state index contributed by atoms with van der Waals surface area (Å²) in [4.78, 5) is 23.2. The molecule has 2 amide bonds. The summed E-state index contributed by atoms with van der Waals surface area (Å²) in [6.07, 6.45) is 5.48. The van der Waals surface area contributed by atoms with Crippen LogP contribution in [0.25, 0.3) is 0 Å². The molecule has 8 nitrogen and oxygen atoms in total. The molecule has 1 aromatic heterocycles. The lowest BCUT2D eigenvalue weighted by Gasteiger charge is -2.29. The number of aromatic nitrogens is 2. The zero-order chi connectivity index (χ0) is 23.0. The van der Waals surface area contributed by atoms with Crippen molar-refractivity contribution in [1.29, 1.82) is 0 Å². The van der Waals surface area contributed by atoms with Crippen molar-refractivity contribution in [1.82, 2.24) is 15.3 Å². The number of hydrogen-bond acceptors (Lipinski definition) is 6. The monoisotopic (exact) mass is 446 g/mol. The van der Waals surface area contributed by atoms with E-state index in [-0.39, 0.29) is 12.1 Å². The second-order valence-electron chi connectivity index (χ2n) is 8.36. The molecule has 3 N–H and O–H groups in total. The van der Waals surface area contributed by atoms with Gasteiger partial charge >= 0.3 is 6.03 Å². The molecule has 0 aliphatic heterocycles. The predicted molar refractivity (Wildman–Crippen MR) is 131 cm³/mol. The molecule has 2 aromatic carbocycles. The summed E-state index contributed by atoms with van der Waals surface area (Å²) in [5, 5.41) is 9.41. The van der Waals surface area contributed by atoms with E-state index in [0.717, 1.165) is 48.7 Å². The highest BCUT2D eigenvalue weighted by molar-refractivity contribution is 5.89. The van der Waals surface area contributed by atoms with E-state index in [1.165, 1.54) is 0 Å². The normalized spacial score (nSPS) is 17.6. The minimum Gasteiger partial charge on any atom is -0.457 e. The number of anilines is 3. The number of hydrogen-bond donors (Lipinski definition) is 3. The van der Waals surface area contributed by atoms with Gasteiger partial charge in [-0.05, 0) is 68.1 Å². The van der Waals surface area contributed by atoms with E-state index in [9.17, 15) is 4.79 Å². The van der Waals surface area contributed by atoms with Crippen LogP contribution in [0.2, 0.25) is 0 Å². The third-order valence-electron chi connectivity index (χ3n) is 5.59. The molecule has 1 saturated carbocycles. The number of carbonyl (C=O) groups is 1. The summed E-state index contributed by atoms with van der Waals surface area (Å²) < 4.78 is 5.79. The van der Waals surface area contributed by atoms with Crippen LogP contribution in [0.1, 0.15) is 25.7 Å². The number of ether oxygens (including phenoxy) is 1. The van der Waals surface area contributed by atoms with Gasteiger partial charge in [-0.3, -0.25) is 0 Å². The Balaban J connectivity index is 1.20. The van der Waals surface area contributed by atoms with E-state index in [1.807, 2.05) is 79.7 Å². The second kappa shape index (κ2) is 10.7. The SMILES string of the molecule is CN(C)c1ccnc(NC2CCC(NC(=O)Nc3ccc(Oc4ccccc4)cc3)CC2)n1. The number of rotatable bonds is 7. The molecule has 4 rings (SSSR count). The maximum atomic E-state index is 12.4. The largest absolute Gasteiger partial charge is 0.457 e. The lowest BCUT2D eigenvalue weighted by Crippen LogP contribution is -2.42. The Kier molecular flexibility index (Phi) is 7.24. The van der Waals surface area contributed by atoms with E-state index in [0.29, 0.717) is 12.0 Å². The lowest BCUT2D eigenvalue weighted by molar-refractivity contribution is 0.243. The number of carbonyl (C=O) groups excluding carboxylic acids is 1. The standard InChI is InChI=1S/C25H30N6O2/c1-31(2)23-16-17-26-24(30-23)27-18-8-10-19(11-9-18)28-25(32)29-20-12-14-22(15-13-20)33-21-6-4-3-5-7-21/h3-7,12-19H,8-11H2,1-2H3,(H,26,27,30)(H2,28,29,32). The van der Waals surface area contributed by atoms with Gasteiger partial charge in [0.15, 0.2) is 0 Å². The van der Waals surface area contributed by atoms with Crippen molar-refractivity contribution >= 4 is 23.5 Å². The van der Waals surface area contributed by atoms with Gasteiger partial charge in [-0.1, -0.05) is 18.2 Å². The Labute approximate surface area is 194 Å². The van der Waals surface area contributed by atoms with E-state index >= 15 is 0 Å². The van der Waals surface area contributed by atoms with Gasteiger partial charge in [0.1, 0.15) is 17.3 Å². The van der Waals surface area contributed by atoms with Crippen LogP contribution >= 0.6 is 0 Å². The quantitative estimate of drug-likeness (QED) is 0.479. The van der Waals surface area contributed by atoms with Gasteiger partial charge in [0.25, 0.3) is 0 Å². The summed E-state index contributed by atoms with van der Waals surface area (Å²) in [6.45, 7) is 0. The number of amides is 2. The first-order chi connectivity index (χ1) is 16.0. The smallest absolute Gasteiger partial charge is 0.319 e. The third kappa shape index (κ3) is 6.58. The highest BCUT2D eigenvalue weighted by Gasteiger charge is 2.23. The van der Waals surface area contributed by atoms with Crippen molar-refractivity contribution in [2.24, 2.45) is 0 Å². The van der Waals surface area contributed by atoms with Gasteiger partial charge in [0.05, 0.1) is 0 Å². The highest BCUT2D eigenvalue weighted by atomic mass is 16.5. The van der Waals surface area contributed by atoms with Crippen LogP contribution in [-0.4, -0.2) is 42.2 Å². The summed E-state index contributed by atoms with van der Waals surface area (Å²) in [7, 11) is 3.92. The average molecular weight is 447 g/mol. The van der Waals surface area contributed by atoms with Crippen molar-refractivity contribution in [2.75, 3.05) is 29.6 Å². The van der Waals surface area contributed by atoms with E-state index in [2.05, 4.69) is 25.9 Å². The van der Waals surface area contributed by atoms with Crippen LogP contribution in [0, 0.1) is 0 Å². The highest BCUT2D eigenvalue weighted by Crippen LogP contribution is 2.24. The van der Waals surface area contributed by atoms with Crippen molar-refractivity contribution in [2.45, 2.75) is 37.8 Å². The van der Waals surface area contributed by atoms with Gasteiger partial charge in [0.2, 0.25) is 5.95 Å². The first-order valence-corrected chi connectivity index (χ1v) is 11.2. The maximum Gasteiger partial charge on any atom is 0.319 e. The molecule has 0 atom stereocenters. The molecule has 1 aliphatic rings. The number of para-hydroxylation sites is 1. The molecule has 1 aliphatic carbocycles. The maximum absolute atomic E-state index is 12.4. The molecule has 0 radical (unpaired) electrons. The molecular weight excluding hydrogens is 416 g/mol. The molecule has 1 fully saturated rings. The zero-order valence-electron chi connectivity index (χ0n) is 19.0. The number of nitrogens with one attached hydrogen (secondary N) is 3. The summed E-state index contributed by atoms with van der Waals surface area (Å²) >= 11 is 0.